The van der Waals surface area contributed by atoms with Gasteiger partial charge in [0, 0.05) is 18.7 Å². The van der Waals surface area contributed by atoms with Crippen molar-refractivity contribution in [1.82, 2.24) is 5.32 Å². The van der Waals surface area contributed by atoms with Gasteiger partial charge in [-0.2, -0.15) is 0 Å². The molecular formula is C20H24N2O4. The van der Waals surface area contributed by atoms with Crippen LogP contribution in [0, 0.1) is 0 Å². The maximum absolute atomic E-state index is 12.0. The number of methoxy groups -OCH3 is 2. The third kappa shape index (κ3) is 5.89. The molecule has 0 aliphatic rings. The largest absolute Gasteiger partial charge is 0.496 e. The van der Waals surface area contributed by atoms with Crippen molar-refractivity contribution in [2.24, 2.45) is 0 Å². The van der Waals surface area contributed by atoms with Gasteiger partial charge < -0.3 is 20.1 Å². The van der Waals surface area contributed by atoms with Crippen LogP contribution in [0.3, 0.4) is 0 Å². The van der Waals surface area contributed by atoms with Gasteiger partial charge in [0.25, 0.3) is 0 Å². The average Bonchev–Trinajstić information content (AvgIpc) is 2.67. The first-order chi connectivity index (χ1) is 12.6. The van der Waals surface area contributed by atoms with Gasteiger partial charge in [0.05, 0.1) is 19.8 Å². The number of benzene rings is 2. The second kappa shape index (κ2) is 10.2. The molecular weight excluding hydrogens is 332 g/mol. The molecule has 6 nitrogen and oxygen atoms in total. The Kier molecular flexibility index (Phi) is 7.64. The van der Waals surface area contributed by atoms with E-state index in [1.165, 1.54) is 7.11 Å². The fourth-order valence-electron chi connectivity index (χ4n) is 2.52. The normalized spacial score (nSPS) is 10.2. The number of nitrogens with one attached hydrogen (secondary N) is 2. The molecule has 26 heavy (non-hydrogen) atoms. The highest BCUT2D eigenvalue weighted by atomic mass is 16.5. The first kappa shape index (κ1) is 19.5. The molecule has 1 amide bonds. The van der Waals surface area contributed by atoms with E-state index in [4.69, 9.17) is 4.74 Å². The smallest absolute Gasteiger partial charge is 0.337 e. The van der Waals surface area contributed by atoms with Crippen molar-refractivity contribution in [1.29, 1.82) is 0 Å². The highest BCUT2D eigenvalue weighted by molar-refractivity contribution is 5.94. The Hall–Kier alpha value is -2.86. The number of para-hydroxylation sites is 1. The average molecular weight is 356 g/mol. The van der Waals surface area contributed by atoms with Crippen LogP contribution in [0.25, 0.3) is 0 Å². The van der Waals surface area contributed by atoms with E-state index in [9.17, 15) is 9.59 Å². The molecule has 0 saturated heterocycles. The number of anilines is 1. The lowest BCUT2D eigenvalue weighted by Gasteiger charge is -2.09. The number of amides is 1. The predicted octanol–water partition coefficient (Wildman–Crippen LogP) is 2.64. The molecule has 138 valence electrons. The minimum Gasteiger partial charge on any atom is -0.496 e. The monoisotopic (exact) mass is 356 g/mol. The summed E-state index contributed by atoms with van der Waals surface area (Å²) >= 11 is 0. The summed E-state index contributed by atoms with van der Waals surface area (Å²) < 4.78 is 9.99. The Morgan fingerprint density at radius 3 is 2.58 bits per heavy atom. The van der Waals surface area contributed by atoms with Crippen LogP contribution in [-0.2, 0) is 16.0 Å². The summed E-state index contributed by atoms with van der Waals surface area (Å²) in [7, 11) is 2.98. The Labute approximate surface area is 153 Å². The van der Waals surface area contributed by atoms with E-state index in [1.807, 2.05) is 24.3 Å². The number of hydrogen-bond donors (Lipinski definition) is 2. The van der Waals surface area contributed by atoms with E-state index in [2.05, 4.69) is 15.4 Å². The van der Waals surface area contributed by atoms with Gasteiger partial charge in [-0.3, -0.25) is 4.79 Å². The first-order valence-electron chi connectivity index (χ1n) is 8.45. The van der Waals surface area contributed by atoms with Gasteiger partial charge in [-0.25, -0.2) is 4.79 Å². The van der Waals surface area contributed by atoms with Crippen LogP contribution in [0.5, 0.6) is 5.75 Å². The molecule has 6 heteroatoms. The Bertz CT molecular complexity index is 746. The van der Waals surface area contributed by atoms with Crippen molar-refractivity contribution < 1.29 is 19.1 Å². The summed E-state index contributed by atoms with van der Waals surface area (Å²) in [6, 6.07) is 14.6. The first-order valence-corrected chi connectivity index (χ1v) is 8.45. The number of carbonyl (C=O) groups excluding carboxylic acids is 2. The second-order valence-corrected chi connectivity index (χ2v) is 5.68. The van der Waals surface area contributed by atoms with Crippen LogP contribution in [0.4, 0.5) is 5.69 Å². The second-order valence-electron chi connectivity index (χ2n) is 5.68. The molecule has 0 radical (unpaired) electrons. The highest BCUT2D eigenvalue weighted by Crippen LogP contribution is 2.17. The van der Waals surface area contributed by atoms with Crippen molar-refractivity contribution in [3.05, 3.63) is 59.7 Å². The summed E-state index contributed by atoms with van der Waals surface area (Å²) in [4.78, 5) is 23.5. The zero-order chi connectivity index (χ0) is 18.8. The SMILES string of the molecule is COC(=O)c1cccc(NC(=O)CCNCCc2ccccc2OC)c1. The summed E-state index contributed by atoms with van der Waals surface area (Å²) in [5.74, 6) is 0.327. The molecule has 0 fully saturated rings. The van der Waals surface area contributed by atoms with Gasteiger partial charge in [-0.15, -0.1) is 0 Å². The molecule has 0 unspecified atom stereocenters. The van der Waals surface area contributed by atoms with Crippen LogP contribution in [0.2, 0.25) is 0 Å². The van der Waals surface area contributed by atoms with E-state index in [-0.39, 0.29) is 5.91 Å². The molecule has 0 spiro atoms. The fraction of sp³-hybridized carbons (Fsp3) is 0.300. The molecule has 0 aliphatic heterocycles. The summed E-state index contributed by atoms with van der Waals surface area (Å²) in [6.45, 7) is 1.32. The van der Waals surface area contributed by atoms with Crippen LogP contribution >= 0.6 is 0 Å². The van der Waals surface area contributed by atoms with E-state index in [0.29, 0.717) is 24.2 Å². The van der Waals surface area contributed by atoms with Crippen LogP contribution < -0.4 is 15.4 Å². The highest BCUT2D eigenvalue weighted by Gasteiger charge is 2.08. The quantitative estimate of drug-likeness (QED) is 0.534. The van der Waals surface area contributed by atoms with Gasteiger partial charge in [0.1, 0.15) is 5.75 Å². The number of rotatable bonds is 9. The molecule has 0 aliphatic carbocycles. The number of esters is 1. The maximum atomic E-state index is 12.0. The molecule has 0 bridgehead atoms. The molecule has 0 heterocycles. The topological polar surface area (TPSA) is 76.7 Å². The van der Waals surface area contributed by atoms with Gasteiger partial charge in [0.15, 0.2) is 0 Å². The Morgan fingerprint density at radius 2 is 1.81 bits per heavy atom. The van der Waals surface area contributed by atoms with Crippen molar-refractivity contribution in [3.63, 3.8) is 0 Å². The van der Waals surface area contributed by atoms with Crippen molar-refractivity contribution in [2.45, 2.75) is 12.8 Å². The Balaban J connectivity index is 1.71. The third-order valence-corrected chi connectivity index (χ3v) is 3.86. The molecule has 0 aromatic heterocycles. The van der Waals surface area contributed by atoms with Crippen molar-refractivity contribution in [2.75, 3.05) is 32.6 Å². The van der Waals surface area contributed by atoms with Crippen molar-refractivity contribution >= 4 is 17.6 Å². The van der Waals surface area contributed by atoms with Gasteiger partial charge >= 0.3 is 5.97 Å². The molecule has 0 atom stereocenters. The maximum Gasteiger partial charge on any atom is 0.337 e. The zero-order valence-electron chi connectivity index (χ0n) is 15.1. The molecule has 0 saturated carbocycles. The molecule has 2 aromatic carbocycles. The lowest BCUT2D eigenvalue weighted by molar-refractivity contribution is -0.116. The lowest BCUT2D eigenvalue weighted by Crippen LogP contribution is -2.23. The molecule has 2 rings (SSSR count). The number of carbonyl (C=O) groups is 2. The van der Waals surface area contributed by atoms with E-state index in [0.717, 1.165) is 24.3 Å². The van der Waals surface area contributed by atoms with Crippen LogP contribution in [0.15, 0.2) is 48.5 Å². The Morgan fingerprint density at radius 1 is 1.00 bits per heavy atom. The summed E-state index contributed by atoms with van der Waals surface area (Å²) in [6.07, 6.45) is 1.17. The number of hydrogen-bond acceptors (Lipinski definition) is 5. The lowest BCUT2D eigenvalue weighted by atomic mass is 10.1. The van der Waals surface area contributed by atoms with E-state index >= 15 is 0 Å². The van der Waals surface area contributed by atoms with E-state index < -0.39 is 5.97 Å². The summed E-state index contributed by atoms with van der Waals surface area (Å²) in [5, 5.41) is 6.03. The van der Waals surface area contributed by atoms with Gasteiger partial charge in [0.2, 0.25) is 5.91 Å². The predicted molar refractivity (Wildman–Crippen MR) is 101 cm³/mol. The minimum absolute atomic E-state index is 0.114. The summed E-state index contributed by atoms with van der Waals surface area (Å²) in [5.41, 5.74) is 2.11. The van der Waals surface area contributed by atoms with Gasteiger partial charge in [-0.1, -0.05) is 24.3 Å². The van der Waals surface area contributed by atoms with Crippen LogP contribution in [0.1, 0.15) is 22.3 Å². The van der Waals surface area contributed by atoms with Gasteiger partial charge in [-0.05, 0) is 42.8 Å². The van der Waals surface area contributed by atoms with Crippen molar-refractivity contribution in [3.8, 4) is 5.75 Å². The van der Waals surface area contributed by atoms with Crippen LogP contribution in [-0.4, -0.2) is 39.2 Å². The fourth-order valence-corrected chi connectivity index (χ4v) is 2.52. The van der Waals surface area contributed by atoms with E-state index in [1.54, 1.807) is 31.4 Å². The third-order valence-electron chi connectivity index (χ3n) is 3.86. The minimum atomic E-state index is -0.431. The molecule has 2 N–H and O–H groups in total. The number of ether oxygens (including phenoxy) is 2. The standard InChI is InChI=1S/C20H24N2O4/c1-25-18-9-4-3-6-15(18)10-12-21-13-11-19(23)22-17-8-5-7-16(14-17)20(24)26-2/h3-9,14,21H,10-13H2,1-2H3,(H,22,23). The zero-order valence-corrected chi connectivity index (χ0v) is 15.1. The molecule has 2 aromatic rings.